The lowest BCUT2D eigenvalue weighted by atomic mass is 10.1. The number of nitrogens with zero attached hydrogens (tertiary/aromatic N) is 4. The standard InChI is InChI=1S/C17H17F6N5O2S/c18-16(19,20)9-30-13-6-5-10(17(21,22)23)7-12(13)24-14(29)8-31-15-25-26-27-28(15)11-3-1-2-4-11/h5-7,11H,1-4,8-9H2,(H,24,29). The summed E-state index contributed by atoms with van der Waals surface area (Å²) in [7, 11) is 0. The molecule has 1 heterocycles. The Bertz CT molecular complexity index is 911. The molecule has 0 saturated heterocycles. The van der Waals surface area contributed by atoms with E-state index in [4.69, 9.17) is 0 Å². The number of tetrazole rings is 1. The lowest BCUT2D eigenvalue weighted by molar-refractivity contribution is -0.153. The van der Waals surface area contributed by atoms with Gasteiger partial charge in [0.25, 0.3) is 0 Å². The molecule has 0 spiro atoms. The van der Waals surface area contributed by atoms with Crippen LogP contribution in [0, 0.1) is 0 Å². The molecule has 14 heteroatoms. The third-order valence-corrected chi connectivity index (χ3v) is 5.37. The quantitative estimate of drug-likeness (QED) is 0.476. The van der Waals surface area contributed by atoms with E-state index in [2.05, 4.69) is 25.6 Å². The van der Waals surface area contributed by atoms with E-state index in [1.165, 1.54) is 0 Å². The van der Waals surface area contributed by atoms with E-state index in [1.54, 1.807) is 4.68 Å². The van der Waals surface area contributed by atoms with E-state index in [0.717, 1.165) is 43.5 Å². The first-order chi connectivity index (χ1) is 14.5. The van der Waals surface area contributed by atoms with Crippen LogP contribution in [0.3, 0.4) is 0 Å². The monoisotopic (exact) mass is 469 g/mol. The van der Waals surface area contributed by atoms with Crippen LogP contribution >= 0.6 is 11.8 Å². The Hall–Kier alpha value is -2.51. The molecule has 1 N–H and O–H groups in total. The normalized spacial score (nSPS) is 15.3. The molecule has 7 nitrogen and oxygen atoms in total. The topological polar surface area (TPSA) is 81.9 Å². The van der Waals surface area contributed by atoms with Crippen molar-refractivity contribution >= 4 is 23.4 Å². The number of nitrogens with one attached hydrogen (secondary N) is 1. The number of alkyl halides is 6. The zero-order valence-electron chi connectivity index (χ0n) is 15.8. The summed E-state index contributed by atoms with van der Waals surface area (Å²) in [5, 5.41) is 13.9. The van der Waals surface area contributed by atoms with Gasteiger partial charge in [-0.25, -0.2) is 4.68 Å². The van der Waals surface area contributed by atoms with Gasteiger partial charge in [0.15, 0.2) is 6.61 Å². The van der Waals surface area contributed by atoms with Crippen LogP contribution in [0.1, 0.15) is 37.3 Å². The van der Waals surface area contributed by atoms with Gasteiger partial charge in [0.2, 0.25) is 11.1 Å². The highest BCUT2D eigenvalue weighted by Crippen LogP contribution is 2.36. The van der Waals surface area contributed by atoms with Crippen molar-refractivity contribution in [3.8, 4) is 5.75 Å². The SMILES string of the molecule is O=C(CSc1nnnn1C1CCCC1)Nc1cc(C(F)(F)F)ccc1OCC(F)(F)F. The average molecular weight is 469 g/mol. The van der Waals surface area contributed by atoms with Gasteiger partial charge in [0, 0.05) is 0 Å². The van der Waals surface area contributed by atoms with Crippen LogP contribution in [0.5, 0.6) is 5.75 Å². The zero-order valence-corrected chi connectivity index (χ0v) is 16.6. The van der Waals surface area contributed by atoms with Gasteiger partial charge in [-0.2, -0.15) is 26.3 Å². The third-order valence-electron chi connectivity index (χ3n) is 4.44. The number of hydrogen-bond acceptors (Lipinski definition) is 6. The highest BCUT2D eigenvalue weighted by atomic mass is 32.2. The summed E-state index contributed by atoms with van der Waals surface area (Å²) >= 11 is 0.973. The summed E-state index contributed by atoms with van der Waals surface area (Å²) in [6, 6.07) is 1.95. The van der Waals surface area contributed by atoms with Crippen molar-refractivity contribution in [3.63, 3.8) is 0 Å². The number of aromatic nitrogens is 4. The molecule has 1 aromatic carbocycles. The van der Waals surface area contributed by atoms with Gasteiger partial charge in [-0.1, -0.05) is 24.6 Å². The number of hydrogen-bond donors (Lipinski definition) is 1. The van der Waals surface area contributed by atoms with Crippen LogP contribution in [0.25, 0.3) is 0 Å². The third kappa shape index (κ3) is 6.48. The molecule has 1 aliphatic carbocycles. The molecule has 0 aliphatic heterocycles. The predicted octanol–water partition coefficient (Wildman–Crippen LogP) is 4.48. The van der Waals surface area contributed by atoms with Crippen molar-refractivity contribution in [2.75, 3.05) is 17.7 Å². The number of anilines is 1. The number of benzene rings is 1. The van der Waals surface area contributed by atoms with Gasteiger partial charge in [0.05, 0.1) is 23.0 Å². The largest absolute Gasteiger partial charge is 0.482 e. The maximum absolute atomic E-state index is 13.0. The number of thioether (sulfide) groups is 1. The van der Waals surface area contributed by atoms with Crippen molar-refractivity contribution < 1.29 is 35.9 Å². The number of carbonyl (C=O) groups is 1. The first-order valence-corrected chi connectivity index (χ1v) is 10.1. The minimum atomic E-state index is -4.75. The Balaban J connectivity index is 1.69. The highest BCUT2D eigenvalue weighted by molar-refractivity contribution is 7.99. The van der Waals surface area contributed by atoms with E-state index in [1.807, 2.05) is 0 Å². The molecular weight excluding hydrogens is 452 g/mol. The average Bonchev–Trinajstić information content (AvgIpc) is 3.35. The lowest BCUT2D eigenvalue weighted by Gasteiger charge is -2.16. The smallest absolute Gasteiger partial charge is 0.422 e. The minimum absolute atomic E-state index is 0.117. The van der Waals surface area contributed by atoms with E-state index in [0.29, 0.717) is 17.3 Å². The van der Waals surface area contributed by atoms with Gasteiger partial charge in [-0.05, 0) is 41.5 Å². The van der Waals surface area contributed by atoms with Gasteiger partial charge in [-0.3, -0.25) is 4.79 Å². The minimum Gasteiger partial charge on any atom is -0.482 e. The fraction of sp³-hybridized carbons (Fsp3) is 0.529. The molecule has 1 aliphatic rings. The Morgan fingerprint density at radius 1 is 1.19 bits per heavy atom. The summed E-state index contributed by atoms with van der Waals surface area (Å²) in [6.45, 7) is -1.72. The molecule has 2 aromatic rings. The Labute approximate surface area is 176 Å². The van der Waals surface area contributed by atoms with Crippen molar-refractivity contribution in [3.05, 3.63) is 23.8 Å². The summed E-state index contributed by atoms with van der Waals surface area (Å²) in [6.07, 6.45) is -5.59. The fourth-order valence-electron chi connectivity index (χ4n) is 3.06. The zero-order chi connectivity index (χ0) is 22.6. The molecular formula is C17H17F6N5O2S. The fourth-order valence-corrected chi connectivity index (χ4v) is 3.81. The number of carbonyl (C=O) groups excluding carboxylic acids is 1. The summed E-state index contributed by atoms with van der Waals surface area (Å²) in [4.78, 5) is 12.3. The van der Waals surface area contributed by atoms with Gasteiger partial charge < -0.3 is 10.1 Å². The van der Waals surface area contributed by atoms with Gasteiger partial charge in [-0.15, -0.1) is 5.10 Å². The van der Waals surface area contributed by atoms with Crippen LogP contribution in [0.2, 0.25) is 0 Å². The molecule has 0 atom stereocenters. The molecule has 0 bridgehead atoms. The van der Waals surface area contributed by atoms with Crippen molar-refractivity contribution in [2.45, 2.75) is 49.2 Å². The van der Waals surface area contributed by atoms with Gasteiger partial charge >= 0.3 is 12.4 Å². The Kier molecular flexibility index (Phi) is 6.96. The van der Waals surface area contributed by atoms with Crippen molar-refractivity contribution in [1.29, 1.82) is 0 Å². The molecule has 1 saturated carbocycles. The molecule has 1 aromatic heterocycles. The number of rotatable bonds is 7. The molecule has 31 heavy (non-hydrogen) atoms. The highest BCUT2D eigenvalue weighted by Gasteiger charge is 2.33. The first-order valence-electron chi connectivity index (χ1n) is 9.14. The van der Waals surface area contributed by atoms with Crippen LogP contribution in [0.15, 0.2) is 23.4 Å². The number of amides is 1. The number of ether oxygens (including phenoxy) is 1. The second-order valence-corrected chi connectivity index (χ2v) is 7.74. The molecule has 0 unspecified atom stereocenters. The molecule has 1 fully saturated rings. The molecule has 170 valence electrons. The van der Waals surface area contributed by atoms with Crippen LogP contribution in [-0.4, -0.2) is 44.7 Å². The summed E-state index contributed by atoms with van der Waals surface area (Å²) in [5.41, 5.74) is -1.65. The second kappa shape index (κ2) is 9.32. The van der Waals surface area contributed by atoms with Gasteiger partial charge in [0.1, 0.15) is 5.75 Å². The Morgan fingerprint density at radius 2 is 1.90 bits per heavy atom. The lowest BCUT2D eigenvalue weighted by Crippen LogP contribution is -2.21. The van der Waals surface area contributed by atoms with E-state index >= 15 is 0 Å². The van der Waals surface area contributed by atoms with Crippen LogP contribution in [0.4, 0.5) is 32.0 Å². The van der Waals surface area contributed by atoms with Crippen molar-refractivity contribution in [1.82, 2.24) is 20.2 Å². The van der Waals surface area contributed by atoms with E-state index < -0.39 is 41.9 Å². The van der Waals surface area contributed by atoms with Crippen LogP contribution < -0.4 is 10.1 Å². The summed E-state index contributed by atoms with van der Waals surface area (Å²) in [5.74, 6) is -1.54. The first kappa shape index (κ1) is 23.2. The predicted molar refractivity (Wildman–Crippen MR) is 97.7 cm³/mol. The molecule has 3 rings (SSSR count). The molecule has 0 radical (unpaired) electrons. The summed E-state index contributed by atoms with van der Waals surface area (Å²) < 4.78 is 82.4. The van der Waals surface area contributed by atoms with Crippen LogP contribution in [-0.2, 0) is 11.0 Å². The van der Waals surface area contributed by atoms with Crippen molar-refractivity contribution in [2.24, 2.45) is 0 Å². The Morgan fingerprint density at radius 3 is 2.55 bits per heavy atom. The maximum Gasteiger partial charge on any atom is 0.422 e. The number of halogens is 6. The maximum atomic E-state index is 13.0. The van der Waals surface area contributed by atoms with E-state index in [9.17, 15) is 31.1 Å². The van der Waals surface area contributed by atoms with E-state index in [-0.39, 0.29) is 11.8 Å². The molecule has 1 amide bonds. The second-order valence-electron chi connectivity index (χ2n) is 6.79.